The van der Waals surface area contributed by atoms with E-state index in [0.717, 1.165) is 50.9 Å². The van der Waals surface area contributed by atoms with Gasteiger partial charge in [0.1, 0.15) is 5.82 Å². The van der Waals surface area contributed by atoms with Crippen LogP contribution in [0.1, 0.15) is 12.1 Å². The molecule has 2 aliphatic heterocycles. The number of nitrogens with zero attached hydrogens (tertiary/aromatic N) is 4. The summed E-state index contributed by atoms with van der Waals surface area (Å²) >= 11 is 5.73. The summed E-state index contributed by atoms with van der Waals surface area (Å²) in [4.78, 5) is 13.6. The summed E-state index contributed by atoms with van der Waals surface area (Å²) in [5, 5.41) is 0. The zero-order valence-corrected chi connectivity index (χ0v) is 11.7. The highest BCUT2D eigenvalue weighted by molar-refractivity contribution is 6.16. The van der Waals surface area contributed by atoms with Crippen LogP contribution in [0.3, 0.4) is 0 Å². The molecular weight excluding hydrogens is 264 g/mol. The first kappa shape index (κ1) is 13.1. The third kappa shape index (κ3) is 2.99. The molecule has 5 nitrogen and oxygen atoms in total. The van der Waals surface area contributed by atoms with Crippen LogP contribution in [0.15, 0.2) is 12.4 Å². The maximum atomic E-state index is 5.73. The van der Waals surface area contributed by atoms with Crippen LogP contribution in [0.5, 0.6) is 0 Å². The van der Waals surface area contributed by atoms with Crippen LogP contribution >= 0.6 is 11.6 Å². The van der Waals surface area contributed by atoms with Gasteiger partial charge in [-0.15, -0.1) is 11.6 Å². The number of ether oxygens (including phenoxy) is 1. The Morgan fingerprint density at radius 3 is 2.74 bits per heavy atom. The van der Waals surface area contributed by atoms with Crippen molar-refractivity contribution in [2.45, 2.75) is 18.3 Å². The quantitative estimate of drug-likeness (QED) is 0.778. The number of hydrogen-bond donors (Lipinski definition) is 0. The summed E-state index contributed by atoms with van der Waals surface area (Å²) in [5.74, 6) is 1.38. The Hall–Kier alpha value is -0.910. The lowest BCUT2D eigenvalue weighted by Crippen LogP contribution is -2.44. The Bertz CT molecular complexity index is 408. The molecule has 0 aromatic carbocycles. The molecule has 1 atom stereocenters. The van der Waals surface area contributed by atoms with Gasteiger partial charge in [-0.25, -0.2) is 4.98 Å². The minimum atomic E-state index is 0.420. The van der Waals surface area contributed by atoms with E-state index >= 15 is 0 Å². The highest BCUT2D eigenvalue weighted by Gasteiger charge is 2.29. The van der Waals surface area contributed by atoms with E-state index in [9.17, 15) is 0 Å². The lowest BCUT2D eigenvalue weighted by atomic mass is 10.2. The van der Waals surface area contributed by atoms with E-state index in [1.807, 2.05) is 6.20 Å². The fraction of sp³-hybridized carbons (Fsp3) is 0.692. The number of halogens is 1. The molecule has 1 unspecified atom stereocenters. The smallest absolute Gasteiger partial charge is 0.147 e. The monoisotopic (exact) mass is 282 g/mol. The lowest BCUT2D eigenvalue weighted by Gasteiger charge is -2.32. The Morgan fingerprint density at radius 1 is 1.21 bits per heavy atom. The van der Waals surface area contributed by atoms with Crippen molar-refractivity contribution in [2.75, 3.05) is 44.3 Å². The molecule has 104 valence electrons. The minimum Gasteiger partial charge on any atom is -0.379 e. The SMILES string of the molecule is ClCc1cnc(N2CCC(N3CCOCC3)C2)cn1. The van der Waals surface area contributed by atoms with Gasteiger partial charge < -0.3 is 9.64 Å². The summed E-state index contributed by atoms with van der Waals surface area (Å²) in [7, 11) is 0. The van der Waals surface area contributed by atoms with Gasteiger partial charge in [0.25, 0.3) is 0 Å². The third-order valence-electron chi connectivity index (χ3n) is 3.88. The molecule has 1 aromatic rings. The molecule has 0 bridgehead atoms. The first-order chi connectivity index (χ1) is 9.36. The molecule has 2 fully saturated rings. The van der Waals surface area contributed by atoms with Crippen molar-refractivity contribution in [2.24, 2.45) is 0 Å². The topological polar surface area (TPSA) is 41.5 Å². The molecule has 0 spiro atoms. The second-order valence-corrected chi connectivity index (χ2v) is 5.30. The van der Waals surface area contributed by atoms with Crippen LogP contribution in [0.25, 0.3) is 0 Å². The van der Waals surface area contributed by atoms with Crippen LogP contribution in [-0.4, -0.2) is 60.3 Å². The fourth-order valence-electron chi connectivity index (χ4n) is 2.77. The molecule has 3 heterocycles. The van der Waals surface area contributed by atoms with Crippen molar-refractivity contribution >= 4 is 17.4 Å². The van der Waals surface area contributed by atoms with Crippen LogP contribution < -0.4 is 4.90 Å². The van der Waals surface area contributed by atoms with E-state index in [1.165, 1.54) is 6.42 Å². The zero-order valence-electron chi connectivity index (χ0n) is 11.0. The lowest BCUT2D eigenvalue weighted by molar-refractivity contribution is 0.0209. The van der Waals surface area contributed by atoms with Gasteiger partial charge in [-0.1, -0.05) is 0 Å². The molecule has 0 N–H and O–H groups in total. The molecule has 2 saturated heterocycles. The largest absolute Gasteiger partial charge is 0.379 e. The van der Waals surface area contributed by atoms with E-state index < -0.39 is 0 Å². The molecular formula is C13H19ClN4O. The maximum absolute atomic E-state index is 5.73. The molecule has 6 heteroatoms. The van der Waals surface area contributed by atoms with Gasteiger partial charge in [0, 0.05) is 32.2 Å². The summed E-state index contributed by atoms with van der Waals surface area (Å²) in [6.07, 6.45) is 4.79. The first-order valence-corrected chi connectivity index (χ1v) is 7.34. The molecule has 0 aliphatic carbocycles. The zero-order chi connectivity index (χ0) is 13.1. The van der Waals surface area contributed by atoms with Crippen molar-refractivity contribution in [3.63, 3.8) is 0 Å². The normalized spacial score (nSPS) is 24.9. The summed E-state index contributed by atoms with van der Waals surface area (Å²) in [6.45, 7) is 5.91. The average molecular weight is 283 g/mol. The van der Waals surface area contributed by atoms with Gasteiger partial charge in [0.15, 0.2) is 0 Å². The van der Waals surface area contributed by atoms with Gasteiger partial charge >= 0.3 is 0 Å². The highest BCUT2D eigenvalue weighted by atomic mass is 35.5. The van der Waals surface area contributed by atoms with Crippen molar-refractivity contribution in [3.05, 3.63) is 18.1 Å². The highest BCUT2D eigenvalue weighted by Crippen LogP contribution is 2.21. The standard InChI is InChI=1S/C13H19ClN4O/c14-7-11-8-16-13(9-15-11)18-2-1-12(10-18)17-3-5-19-6-4-17/h8-9,12H,1-7,10H2. The van der Waals surface area contributed by atoms with Crippen molar-refractivity contribution < 1.29 is 4.74 Å². The first-order valence-electron chi connectivity index (χ1n) is 6.80. The van der Waals surface area contributed by atoms with E-state index in [4.69, 9.17) is 16.3 Å². The van der Waals surface area contributed by atoms with Crippen LogP contribution in [-0.2, 0) is 10.6 Å². The van der Waals surface area contributed by atoms with Gasteiger partial charge in [-0.2, -0.15) is 0 Å². The Kier molecular flexibility index (Phi) is 4.15. The molecule has 1 aromatic heterocycles. The second kappa shape index (κ2) is 6.03. The van der Waals surface area contributed by atoms with Crippen LogP contribution in [0.4, 0.5) is 5.82 Å². The second-order valence-electron chi connectivity index (χ2n) is 5.04. The van der Waals surface area contributed by atoms with Gasteiger partial charge in [-0.05, 0) is 6.42 Å². The van der Waals surface area contributed by atoms with Crippen molar-refractivity contribution in [3.8, 4) is 0 Å². The Morgan fingerprint density at radius 2 is 2.05 bits per heavy atom. The van der Waals surface area contributed by atoms with E-state index in [-0.39, 0.29) is 0 Å². The van der Waals surface area contributed by atoms with E-state index in [0.29, 0.717) is 11.9 Å². The molecule has 0 saturated carbocycles. The molecule has 2 aliphatic rings. The van der Waals surface area contributed by atoms with Crippen LogP contribution in [0.2, 0.25) is 0 Å². The summed E-state index contributed by atoms with van der Waals surface area (Å²) in [6, 6.07) is 0.624. The molecule has 3 rings (SSSR count). The maximum Gasteiger partial charge on any atom is 0.147 e. The molecule has 0 amide bonds. The van der Waals surface area contributed by atoms with E-state index in [2.05, 4.69) is 19.8 Å². The summed E-state index contributed by atoms with van der Waals surface area (Å²) < 4.78 is 5.41. The van der Waals surface area contributed by atoms with Crippen molar-refractivity contribution in [1.29, 1.82) is 0 Å². The number of morpholine rings is 1. The number of hydrogen-bond acceptors (Lipinski definition) is 5. The average Bonchev–Trinajstić information content (AvgIpc) is 2.98. The number of anilines is 1. The summed E-state index contributed by atoms with van der Waals surface area (Å²) in [5.41, 5.74) is 0.828. The predicted octanol–water partition coefficient (Wildman–Crippen LogP) is 1.13. The molecule has 19 heavy (non-hydrogen) atoms. The van der Waals surface area contributed by atoms with Crippen LogP contribution in [0, 0.1) is 0 Å². The predicted molar refractivity (Wildman–Crippen MR) is 74.6 cm³/mol. The minimum absolute atomic E-state index is 0.420. The fourth-order valence-corrected chi connectivity index (χ4v) is 2.91. The third-order valence-corrected chi connectivity index (χ3v) is 4.15. The Labute approximate surface area is 118 Å². The van der Waals surface area contributed by atoms with Gasteiger partial charge in [-0.3, -0.25) is 9.88 Å². The Balaban J connectivity index is 1.61. The molecule has 0 radical (unpaired) electrons. The number of aromatic nitrogens is 2. The number of rotatable bonds is 3. The van der Waals surface area contributed by atoms with E-state index in [1.54, 1.807) is 6.20 Å². The number of alkyl halides is 1. The van der Waals surface area contributed by atoms with Gasteiger partial charge in [0.2, 0.25) is 0 Å². The van der Waals surface area contributed by atoms with Gasteiger partial charge in [0.05, 0.1) is 37.2 Å². The van der Waals surface area contributed by atoms with Crippen molar-refractivity contribution in [1.82, 2.24) is 14.9 Å².